The third-order valence-electron chi connectivity index (χ3n) is 3.08. The average Bonchev–Trinajstić information content (AvgIpc) is 2.44. The fourth-order valence-electron chi connectivity index (χ4n) is 2.21. The van der Waals surface area contributed by atoms with Crippen LogP contribution in [0.4, 0.5) is 4.79 Å². The van der Waals surface area contributed by atoms with Crippen molar-refractivity contribution in [2.45, 2.75) is 32.9 Å². The van der Waals surface area contributed by atoms with Gasteiger partial charge < -0.3 is 14.8 Å². The molecule has 0 atom stereocenters. The van der Waals surface area contributed by atoms with Crippen LogP contribution in [0.2, 0.25) is 0 Å². The average molecular weight is 337 g/mol. The number of para-hydroxylation sites is 1. The van der Waals surface area contributed by atoms with Crippen LogP contribution in [-0.2, 0) is 11.3 Å². The number of nitrogens with zero attached hydrogens (tertiary/aromatic N) is 1. The first-order chi connectivity index (χ1) is 11.2. The van der Waals surface area contributed by atoms with Crippen molar-refractivity contribution >= 4 is 11.9 Å². The molecule has 1 aromatic carbocycles. The zero-order chi connectivity index (χ0) is 18.3. The minimum Gasteiger partial charge on any atom is -0.493 e. The molecule has 24 heavy (non-hydrogen) atoms. The number of ether oxygens (including phenoxy) is 2. The summed E-state index contributed by atoms with van der Waals surface area (Å²) in [4.78, 5) is 25.4. The Morgan fingerprint density at radius 1 is 1.17 bits per heavy atom. The van der Waals surface area contributed by atoms with E-state index in [0.29, 0.717) is 18.0 Å². The highest BCUT2D eigenvalue weighted by Gasteiger charge is 2.17. The molecule has 0 spiro atoms. The summed E-state index contributed by atoms with van der Waals surface area (Å²) in [5, 5.41) is 5.00. The second-order valence-electron chi connectivity index (χ2n) is 6.58. The fraction of sp³-hybridized carbons (Fsp3) is 0.529. The van der Waals surface area contributed by atoms with Crippen LogP contribution in [0.1, 0.15) is 26.3 Å². The Hall–Kier alpha value is -2.28. The Morgan fingerprint density at radius 2 is 1.83 bits per heavy atom. The van der Waals surface area contributed by atoms with E-state index in [1.807, 2.05) is 39.0 Å². The van der Waals surface area contributed by atoms with Gasteiger partial charge in [0.05, 0.1) is 20.8 Å². The van der Waals surface area contributed by atoms with Crippen molar-refractivity contribution in [1.82, 2.24) is 15.5 Å². The van der Waals surface area contributed by atoms with Gasteiger partial charge in [-0.25, -0.2) is 4.79 Å². The minimum atomic E-state index is -0.500. The van der Waals surface area contributed by atoms with Crippen molar-refractivity contribution in [2.75, 3.05) is 27.8 Å². The quantitative estimate of drug-likeness (QED) is 0.827. The van der Waals surface area contributed by atoms with Crippen molar-refractivity contribution in [3.05, 3.63) is 23.8 Å². The Morgan fingerprint density at radius 3 is 2.38 bits per heavy atom. The zero-order valence-corrected chi connectivity index (χ0v) is 15.2. The summed E-state index contributed by atoms with van der Waals surface area (Å²) in [6.45, 7) is 6.10. The molecule has 0 aliphatic heterocycles. The number of nitrogens with one attached hydrogen (secondary N) is 2. The van der Waals surface area contributed by atoms with E-state index in [9.17, 15) is 9.59 Å². The van der Waals surface area contributed by atoms with E-state index in [-0.39, 0.29) is 12.5 Å². The van der Waals surface area contributed by atoms with Crippen LogP contribution in [0, 0.1) is 0 Å². The standard InChI is InChI=1S/C17H27N3O4/c1-17(2,3)19-16(22)18-14(21)11-20(4)10-12-8-7-9-13(23-5)15(12)24-6/h7-9H,10-11H2,1-6H3,(H2,18,19,21,22). The van der Waals surface area contributed by atoms with Gasteiger partial charge in [0.15, 0.2) is 11.5 Å². The largest absolute Gasteiger partial charge is 0.493 e. The van der Waals surface area contributed by atoms with Gasteiger partial charge in [0.1, 0.15) is 0 Å². The van der Waals surface area contributed by atoms with Crippen molar-refractivity contribution in [3.8, 4) is 11.5 Å². The van der Waals surface area contributed by atoms with Gasteiger partial charge in [-0.3, -0.25) is 15.0 Å². The summed E-state index contributed by atoms with van der Waals surface area (Å²) in [6.07, 6.45) is 0. The second kappa shape index (κ2) is 8.54. The number of likely N-dealkylation sites (N-methyl/N-ethyl adjacent to an activating group) is 1. The maximum absolute atomic E-state index is 11.9. The highest BCUT2D eigenvalue weighted by molar-refractivity contribution is 5.95. The van der Waals surface area contributed by atoms with Gasteiger partial charge in [-0.15, -0.1) is 0 Å². The molecule has 0 heterocycles. The van der Waals surface area contributed by atoms with E-state index in [1.54, 1.807) is 26.2 Å². The Bertz CT molecular complexity index is 582. The number of hydrogen-bond donors (Lipinski definition) is 2. The van der Waals surface area contributed by atoms with E-state index in [0.717, 1.165) is 5.56 Å². The SMILES string of the molecule is COc1cccc(CN(C)CC(=O)NC(=O)NC(C)(C)C)c1OC. The van der Waals surface area contributed by atoms with Gasteiger partial charge in [-0.1, -0.05) is 12.1 Å². The summed E-state index contributed by atoms with van der Waals surface area (Å²) in [6, 6.07) is 5.08. The van der Waals surface area contributed by atoms with Gasteiger partial charge in [-0.05, 0) is 33.9 Å². The van der Waals surface area contributed by atoms with Crippen LogP contribution in [0.15, 0.2) is 18.2 Å². The second-order valence-corrected chi connectivity index (χ2v) is 6.58. The van der Waals surface area contributed by atoms with Gasteiger partial charge in [0, 0.05) is 17.6 Å². The lowest BCUT2D eigenvalue weighted by Crippen LogP contribution is -2.50. The predicted octanol–water partition coefficient (Wildman–Crippen LogP) is 1.76. The summed E-state index contributed by atoms with van der Waals surface area (Å²) >= 11 is 0. The van der Waals surface area contributed by atoms with Gasteiger partial charge in [0.2, 0.25) is 5.91 Å². The number of hydrogen-bond acceptors (Lipinski definition) is 5. The summed E-state index contributed by atoms with van der Waals surface area (Å²) in [7, 11) is 4.94. The zero-order valence-electron chi connectivity index (χ0n) is 15.2. The molecule has 0 fully saturated rings. The summed E-state index contributed by atoms with van der Waals surface area (Å²) in [5.41, 5.74) is 0.496. The van der Waals surface area contributed by atoms with Gasteiger partial charge in [0.25, 0.3) is 0 Å². The number of urea groups is 1. The van der Waals surface area contributed by atoms with E-state index >= 15 is 0 Å². The molecule has 0 aliphatic rings. The fourth-order valence-corrected chi connectivity index (χ4v) is 2.21. The lowest BCUT2D eigenvalue weighted by atomic mass is 10.1. The Kier molecular flexibility index (Phi) is 7.03. The lowest BCUT2D eigenvalue weighted by Gasteiger charge is -2.22. The molecule has 7 heteroatoms. The molecule has 0 unspecified atom stereocenters. The number of carbonyl (C=O) groups is 2. The predicted molar refractivity (Wildman–Crippen MR) is 92.3 cm³/mol. The third kappa shape index (κ3) is 6.45. The van der Waals surface area contributed by atoms with Gasteiger partial charge in [-0.2, -0.15) is 0 Å². The molecule has 2 N–H and O–H groups in total. The van der Waals surface area contributed by atoms with Crippen LogP contribution in [-0.4, -0.2) is 50.2 Å². The highest BCUT2D eigenvalue weighted by Crippen LogP contribution is 2.31. The van der Waals surface area contributed by atoms with Gasteiger partial charge >= 0.3 is 6.03 Å². The van der Waals surface area contributed by atoms with E-state index in [4.69, 9.17) is 9.47 Å². The molecule has 1 rings (SSSR count). The van der Waals surface area contributed by atoms with E-state index in [2.05, 4.69) is 10.6 Å². The third-order valence-corrected chi connectivity index (χ3v) is 3.08. The molecule has 0 radical (unpaired) electrons. The minimum absolute atomic E-state index is 0.0813. The van der Waals surface area contributed by atoms with Crippen LogP contribution in [0.5, 0.6) is 11.5 Å². The van der Waals surface area contributed by atoms with Crippen LogP contribution >= 0.6 is 0 Å². The van der Waals surface area contributed by atoms with Crippen molar-refractivity contribution in [1.29, 1.82) is 0 Å². The number of amides is 3. The highest BCUT2D eigenvalue weighted by atomic mass is 16.5. The number of imide groups is 1. The maximum Gasteiger partial charge on any atom is 0.321 e. The summed E-state index contributed by atoms with van der Waals surface area (Å²) in [5.74, 6) is 0.899. The summed E-state index contributed by atoms with van der Waals surface area (Å²) < 4.78 is 10.6. The normalized spacial score (nSPS) is 11.1. The lowest BCUT2D eigenvalue weighted by molar-refractivity contribution is -0.121. The monoisotopic (exact) mass is 337 g/mol. The van der Waals surface area contributed by atoms with E-state index in [1.165, 1.54) is 0 Å². The van der Waals surface area contributed by atoms with Crippen molar-refractivity contribution in [2.24, 2.45) is 0 Å². The number of methoxy groups -OCH3 is 2. The first-order valence-corrected chi connectivity index (χ1v) is 7.66. The molecule has 1 aromatic rings. The first kappa shape index (κ1) is 19.8. The molecule has 0 bridgehead atoms. The number of carbonyl (C=O) groups excluding carboxylic acids is 2. The van der Waals surface area contributed by atoms with E-state index < -0.39 is 11.6 Å². The van der Waals surface area contributed by atoms with Crippen LogP contribution in [0.25, 0.3) is 0 Å². The maximum atomic E-state index is 11.9. The Balaban J connectivity index is 2.62. The molecule has 0 saturated heterocycles. The van der Waals surface area contributed by atoms with Crippen LogP contribution in [0.3, 0.4) is 0 Å². The molecule has 0 aliphatic carbocycles. The van der Waals surface area contributed by atoms with Crippen molar-refractivity contribution in [3.63, 3.8) is 0 Å². The van der Waals surface area contributed by atoms with Crippen molar-refractivity contribution < 1.29 is 19.1 Å². The topological polar surface area (TPSA) is 79.9 Å². The molecule has 0 aromatic heterocycles. The molecule has 0 saturated carbocycles. The molecule has 134 valence electrons. The molecular formula is C17H27N3O4. The number of benzene rings is 1. The smallest absolute Gasteiger partial charge is 0.321 e. The first-order valence-electron chi connectivity index (χ1n) is 7.66. The Labute approximate surface area is 143 Å². The van der Waals surface area contributed by atoms with Crippen LogP contribution < -0.4 is 20.1 Å². The molecule has 3 amide bonds. The molecule has 7 nitrogen and oxygen atoms in total. The number of rotatable bonds is 6. The molecular weight excluding hydrogens is 310 g/mol.